The molecule has 1 aliphatic rings. The lowest BCUT2D eigenvalue weighted by Gasteiger charge is -2.15. The third-order valence-electron chi connectivity index (χ3n) is 5.13. The molecule has 1 aliphatic heterocycles. The molecule has 4 heteroatoms. The highest BCUT2D eigenvalue weighted by molar-refractivity contribution is 5.89. The molecule has 1 fully saturated rings. The van der Waals surface area contributed by atoms with Crippen molar-refractivity contribution in [1.29, 1.82) is 0 Å². The molecule has 0 aromatic heterocycles. The minimum atomic E-state index is 0.0199. The second-order valence-corrected chi connectivity index (χ2v) is 6.92. The Morgan fingerprint density at radius 1 is 0.963 bits per heavy atom. The summed E-state index contributed by atoms with van der Waals surface area (Å²) in [5.41, 5.74) is 3.03. The molecule has 0 saturated carbocycles. The zero-order valence-electron chi connectivity index (χ0n) is 15.2. The van der Waals surface area contributed by atoms with E-state index in [1.807, 2.05) is 53.4 Å². The largest absolute Gasteiger partial charge is 0.484 e. The van der Waals surface area contributed by atoms with E-state index in [1.54, 1.807) is 0 Å². The molecule has 4 rings (SSSR count). The summed E-state index contributed by atoms with van der Waals surface area (Å²) in [7, 11) is 0. The predicted octanol–water partition coefficient (Wildman–Crippen LogP) is 4.00. The molecule has 1 heterocycles. The van der Waals surface area contributed by atoms with Gasteiger partial charge in [-0.2, -0.15) is 0 Å². The highest BCUT2D eigenvalue weighted by Crippen LogP contribution is 2.29. The topological polar surface area (TPSA) is 49.8 Å². The van der Waals surface area contributed by atoms with Crippen LogP contribution in [0.15, 0.2) is 60.7 Å². The fourth-order valence-corrected chi connectivity index (χ4v) is 3.62. The van der Waals surface area contributed by atoms with E-state index in [2.05, 4.69) is 12.1 Å². The number of amides is 1. The van der Waals surface area contributed by atoms with E-state index in [4.69, 9.17) is 4.74 Å². The Hall–Kier alpha value is -2.85. The fourth-order valence-electron chi connectivity index (χ4n) is 3.62. The van der Waals surface area contributed by atoms with Gasteiger partial charge in [0.2, 0.25) is 0 Å². The lowest BCUT2D eigenvalue weighted by Crippen LogP contribution is -2.32. The van der Waals surface area contributed by atoms with Crippen molar-refractivity contribution in [2.75, 3.05) is 19.7 Å². The number of aliphatic hydroxyl groups is 1. The molecule has 0 bridgehead atoms. The zero-order valence-corrected chi connectivity index (χ0v) is 15.2. The maximum absolute atomic E-state index is 12.1. The van der Waals surface area contributed by atoms with Crippen LogP contribution in [0.1, 0.15) is 18.4 Å². The third kappa shape index (κ3) is 3.81. The maximum Gasteiger partial charge on any atom is 0.260 e. The minimum absolute atomic E-state index is 0.0199. The van der Waals surface area contributed by atoms with Crippen LogP contribution in [0.3, 0.4) is 0 Å². The van der Waals surface area contributed by atoms with Gasteiger partial charge in [-0.25, -0.2) is 0 Å². The number of likely N-dealkylation sites (tertiary alicyclic amines) is 1. The summed E-state index contributed by atoms with van der Waals surface area (Å²) in [5, 5.41) is 11.7. The van der Waals surface area contributed by atoms with Gasteiger partial charge in [-0.3, -0.25) is 4.79 Å². The van der Waals surface area contributed by atoms with Crippen molar-refractivity contribution in [3.63, 3.8) is 0 Å². The van der Waals surface area contributed by atoms with E-state index >= 15 is 0 Å². The number of benzene rings is 3. The Bertz CT molecular complexity index is 961. The molecular weight excluding hydrogens is 338 g/mol. The fraction of sp³-hybridized carbons (Fsp3) is 0.261. The smallest absolute Gasteiger partial charge is 0.260 e. The Morgan fingerprint density at radius 3 is 2.52 bits per heavy atom. The number of carbonyl (C=O) groups excluding carboxylic acids is 1. The monoisotopic (exact) mass is 361 g/mol. The SMILES string of the molecule is O=C(COc1ccc2cc(-c3ccccc3CO)ccc2c1)N1CCCC1. The maximum atomic E-state index is 12.1. The summed E-state index contributed by atoms with van der Waals surface area (Å²) in [6.45, 7) is 1.80. The van der Waals surface area contributed by atoms with Gasteiger partial charge in [-0.05, 0) is 58.5 Å². The lowest BCUT2D eigenvalue weighted by atomic mass is 9.97. The number of rotatable bonds is 5. The van der Waals surface area contributed by atoms with E-state index in [0.29, 0.717) is 5.75 Å². The number of nitrogens with zero attached hydrogens (tertiary/aromatic N) is 1. The number of hydrogen-bond donors (Lipinski definition) is 1. The molecule has 0 aliphatic carbocycles. The number of ether oxygens (including phenoxy) is 1. The Labute approximate surface area is 159 Å². The van der Waals surface area contributed by atoms with Crippen LogP contribution in [0.5, 0.6) is 5.75 Å². The van der Waals surface area contributed by atoms with Crippen molar-refractivity contribution in [1.82, 2.24) is 4.90 Å². The first kappa shape index (κ1) is 17.6. The summed E-state index contributed by atoms with van der Waals surface area (Å²) in [5.74, 6) is 0.766. The second kappa shape index (κ2) is 7.80. The van der Waals surface area contributed by atoms with Crippen molar-refractivity contribution < 1.29 is 14.6 Å². The molecule has 3 aromatic carbocycles. The van der Waals surface area contributed by atoms with E-state index in [0.717, 1.165) is 53.4 Å². The summed E-state index contributed by atoms with van der Waals surface area (Å²) < 4.78 is 5.72. The second-order valence-electron chi connectivity index (χ2n) is 6.92. The standard InChI is InChI=1S/C23H23NO3/c25-15-20-5-1-2-6-22(20)19-8-7-18-14-21(10-9-17(18)13-19)27-16-23(26)24-11-3-4-12-24/h1-2,5-10,13-14,25H,3-4,11-12,15-16H2. The molecule has 0 spiro atoms. The Kier molecular flexibility index (Phi) is 5.07. The number of hydrogen-bond acceptors (Lipinski definition) is 3. The average molecular weight is 361 g/mol. The van der Waals surface area contributed by atoms with Gasteiger partial charge in [0, 0.05) is 13.1 Å². The number of carbonyl (C=O) groups is 1. The first-order chi connectivity index (χ1) is 13.2. The van der Waals surface area contributed by atoms with Crippen LogP contribution in [0, 0.1) is 0 Å². The van der Waals surface area contributed by atoms with Gasteiger partial charge in [-0.1, -0.05) is 42.5 Å². The highest BCUT2D eigenvalue weighted by Gasteiger charge is 2.18. The normalized spacial score (nSPS) is 13.9. The quantitative estimate of drug-likeness (QED) is 0.747. The van der Waals surface area contributed by atoms with Gasteiger partial charge in [0.15, 0.2) is 6.61 Å². The van der Waals surface area contributed by atoms with Crippen molar-refractivity contribution >= 4 is 16.7 Å². The molecule has 138 valence electrons. The third-order valence-corrected chi connectivity index (χ3v) is 5.13. The van der Waals surface area contributed by atoms with Gasteiger partial charge in [0.25, 0.3) is 5.91 Å². The van der Waals surface area contributed by atoms with Gasteiger partial charge < -0.3 is 14.7 Å². The molecule has 0 radical (unpaired) electrons. The molecule has 0 unspecified atom stereocenters. The predicted molar refractivity (Wildman–Crippen MR) is 107 cm³/mol. The van der Waals surface area contributed by atoms with Gasteiger partial charge in [-0.15, -0.1) is 0 Å². The van der Waals surface area contributed by atoms with Crippen LogP contribution in [-0.4, -0.2) is 35.6 Å². The van der Waals surface area contributed by atoms with Crippen LogP contribution in [-0.2, 0) is 11.4 Å². The zero-order chi connectivity index (χ0) is 18.6. The van der Waals surface area contributed by atoms with Gasteiger partial charge >= 0.3 is 0 Å². The summed E-state index contributed by atoms with van der Waals surface area (Å²) in [4.78, 5) is 14.0. The van der Waals surface area contributed by atoms with Crippen LogP contribution >= 0.6 is 0 Å². The van der Waals surface area contributed by atoms with Crippen molar-refractivity contribution in [3.05, 3.63) is 66.2 Å². The molecule has 1 saturated heterocycles. The first-order valence-corrected chi connectivity index (χ1v) is 9.38. The van der Waals surface area contributed by atoms with Crippen LogP contribution in [0.4, 0.5) is 0 Å². The average Bonchev–Trinajstić information content (AvgIpc) is 3.26. The molecule has 3 aromatic rings. The number of aliphatic hydroxyl groups excluding tert-OH is 1. The van der Waals surface area contributed by atoms with Crippen LogP contribution < -0.4 is 4.74 Å². The molecule has 27 heavy (non-hydrogen) atoms. The molecular formula is C23H23NO3. The minimum Gasteiger partial charge on any atom is -0.484 e. The van der Waals surface area contributed by atoms with E-state index in [1.165, 1.54) is 0 Å². The molecule has 4 nitrogen and oxygen atoms in total. The summed E-state index contributed by atoms with van der Waals surface area (Å²) in [6.07, 6.45) is 2.17. The van der Waals surface area contributed by atoms with Crippen LogP contribution in [0.2, 0.25) is 0 Å². The Morgan fingerprint density at radius 2 is 1.70 bits per heavy atom. The summed E-state index contributed by atoms with van der Waals surface area (Å²) >= 11 is 0. The van der Waals surface area contributed by atoms with E-state index in [9.17, 15) is 9.90 Å². The van der Waals surface area contributed by atoms with Crippen molar-refractivity contribution in [3.8, 4) is 16.9 Å². The van der Waals surface area contributed by atoms with Crippen molar-refractivity contribution in [2.45, 2.75) is 19.4 Å². The molecule has 1 N–H and O–H groups in total. The van der Waals surface area contributed by atoms with Crippen molar-refractivity contribution in [2.24, 2.45) is 0 Å². The summed E-state index contributed by atoms with van der Waals surface area (Å²) in [6, 6.07) is 20.0. The first-order valence-electron chi connectivity index (χ1n) is 9.38. The van der Waals surface area contributed by atoms with E-state index in [-0.39, 0.29) is 19.1 Å². The van der Waals surface area contributed by atoms with Gasteiger partial charge in [0.1, 0.15) is 5.75 Å². The Balaban J connectivity index is 1.52. The number of fused-ring (bicyclic) bond motifs is 1. The lowest BCUT2D eigenvalue weighted by molar-refractivity contribution is -0.132. The van der Waals surface area contributed by atoms with E-state index < -0.39 is 0 Å². The van der Waals surface area contributed by atoms with Crippen LogP contribution in [0.25, 0.3) is 21.9 Å². The highest BCUT2D eigenvalue weighted by atomic mass is 16.5. The van der Waals surface area contributed by atoms with Gasteiger partial charge in [0.05, 0.1) is 6.61 Å². The molecule has 0 atom stereocenters. The molecule has 1 amide bonds.